The number of nitrogens with one attached hydrogen (secondary N) is 1. The number of amides is 1. The van der Waals surface area contributed by atoms with E-state index in [0.717, 1.165) is 12.1 Å². The lowest BCUT2D eigenvalue weighted by Crippen LogP contribution is -2.30. The van der Waals surface area contributed by atoms with Gasteiger partial charge in [-0.05, 0) is 55.7 Å². The second-order valence-electron chi connectivity index (χ2n) is 5.51. The van der Waals surface area contributed by atoms with Crippen LogP contribution < -0.4 is 10.1 Å². The van der Waals surface area contributed by atoms with E-state index in [4.69, 9.17) is 16.3 Å². The van der Waals surface area contributed by atoms with Gasteiger partial charge in [-0.1, -0.05) is 43.1 Å². The maximum atomic E-state index is 12.2. The van der Waals surface area contributed by atoms with Gasteiger partial charge in [0.15, 0.2) is 6.10 Å². The number of ether oxygens (including phenoxy) is 1. The summed E-state index contributed by atoms with van der Waals surface area (Å²) < 4.78 is 5.61. The van der Waals surface area contributed by atoms with Crippen molar-refractivity contribution in [3.63, 3.8) is 0 Å². The molecule has 122 valence electrons. The van der Waals surface area contributed by atoms with Crippen LogP contribution in [0.25, 0.3) is 0 Å². The van der Waals surface area contributed by atoms with Crippen molar-refractivity contribution >= 4 is 23.2 Å². The van der Waals surface area contributed by atoms with E-state index in [1.54, 1.807) is 31.2 Å². The van der Waals surface area contributed by atoms with Gasteiger partial charge in [0.25, 0.3) is 5.91 Å². The molecule has 2 aromatic carbocycles. The molecule has 1 atom stereocenters. The third-order valence-electron chi connectivity index (χ3n) is 3.52. The van der Waals surface area contributed by atoms with Crippen LogP contribution in [0.1, 0.15) is 32.3 Å². The molecule has 0 aliphatic carbocycles. The summed E-state index contributed by atoms with van der Waals surface area (Å²) in [5.41, 5.74) is 2.06. The van der Waals surface area contributed by atoms with Crippen molar-refractivity contribution in [3.8, 4) is 5.75 Å². The summed E-state index contributed by atoms with van der Waals surface area (Å²) in [6, 6.07) is 15.0. The van der Waals surface area contributed by atoms with E-state index in [2.05, 4.69) is 12.2 Å². The Kier molecular flexibility index (Phi) is 6.48. The fourth-order valence-corrected chi connectivity index (χ4v) is 2.36. The Morgan fingerprint density at radius 1 is 1.22 bits per heavy atom. The highest BCUT2D eigenvalue weighted by atomic mass is 35.5. The van der Waals surface area contributed by atoms with E-state index in [9.17, 15) is 4.79 Å². The predicted molar refractivity (Wildman–Crippen MR) is 95.2 cm³/mol. The van der Waals surface area contributed by atoms with Gasteiger partial charge in [-0.3, -0.25) is 4.79 Å². The molecule has 0 aliphatic heterocycles. The SMILES string of the molecule is CCCCc1ccc(NC(=O)[C@H](C)Oc2cccc(Cl)c2)cc1. The van der Waals surface area contributed by atoms with Crippen LogP contribution in [0.3, 0.4) is 0 Å². The quantitative estimate of drug-likeness (QED) is 0.767. The van der Waals surface area contributed by atoms with E-state index in [0.29, 0.717) is 10.8 Å². The van der Waals surface area contributed by atoms with Gasteiger partial charge in [0, 0.05) is 10.7 Å². The normalized spacial score (nSPS) is 11.8. The second-order valence-corrected chi connectivity index (χ2v) is 5.94. The van der Waals surface area contributed by atoms with Crippen LogP contribution in [0.15, 0.2) is 48.5 Å². The highest BCUT2D eigenvalue weighted by Crippen LogP contribution is 2.19. The number of unbranched alkanes of at least 4 members (excludes halogenated alkanes) is 1. The average Bonchev–Trinajstić information content (AvgIpc) is 2.54. The van der Waals surface area contributed by atoms with Crippen molar-refractivity contribution in [1.29, 1.82) is 0 Å². The van der Waals surface area contributed by atoms with Gasteiger partial charge in [0.2, 0.25) is 0 Å². The predicted octanol–water partition coefficient (Wildman–Crippen LogP) is 5.09. The third-order valence-corrected chi connectivity index (χ3v) is 3.75. The molecule has 0 heterocycles. The Balaban J connectivity index is 1.90. The Morgan fingerprint density at radius 3 is 2.61 bits per heavy atom. The minimum absolute atomic E-state index is 0.189. The molecule has 2 aromatic rings. The molecule has 2 rings (SSSR count). The summed E-state index contributed by atoms with van der Waals surface area (Å²) in [6.45, 7) is 3.89. The lowest BCUT2D eigenvalue weighted by Gasteiger charge is -2.15. The molecule has 0 fully saturated rings. The number of benzene rings is 2. The van der Waals surface area contributed by atoms with Gasteiger partial charge in [-0.25, -0.2) is 0 Å². The molecule has 0 saturated carbocycles. The van der Waals surface area contributed by atoms with Gasteiger partial charge in [0.05, 0.1) is 0 Å². The summed E-state index contributed by atoms with van der Waals surface area (Å²) in [6.07, 6.45) is 2.82. The molecule has 0 aliphatic rings. The van der Waals surface area contributed by atoms with E-state index in [1.807, 2.05) is 24.3 Å². The van der Waals surface area contributed by atoms with E-state index in [-0.39, 0.29) is 5.91 Å². The third kappa shape index (κ3) is 5.61. The first-order chi connectivity index (χ1) is 11.1. The maximum absolute atomic E-state index is 12.2. The van der Waals surface area contributed by atoms with E-state index < -0.39 is 6.10 Å². The summed E-state index contributed by atoms with van der Waals surface area (Å²) >= 11 is 5.91. The highest BCUT2D eigenvalue weighted by molar-refractivity contribution is 6.30. The highest BCUT2D eigenvalue weighted by Gasteiger charge is 2.15. The molecular formula is C19H22ClNO2. The minimum Gasteiger partial charge on any atom is -0.481 e. The zero-order chi connectivity index (χ0) is 16.7. The summed E-state index contributed by atoms with van der Waals surface area (Å²) in [5, 5.41) is 3.44. The number of hydrogen-bond donors (Lipinski definition) is 1. The van der Waals surface area contributed by atoms with Crippen LogP contribution in [0.4, 0.5) is 5.69 Å². The Bertz CT molecular complexity index is 640. The Hall–Kier alpha value is -2.00. The van der Waals surface area contributed by atoms with Crippen LogP contribution in [0.2, 0.25) is 5.02 Å². The van der Waals surface area contributed by atoms with Crippen LogP contribution in [0.5, 0.6) is 5.75 Å². The fourth-order valence-electron chi connectivity index (χ4n) is 2.18. The molecule has 0 unspecified atom stereocenters. The lowest BCUT2D eigenvalue weighted by atomic mass is 10.1. The average molecular weight is 332 g/mol. The molecule has 0 bridgehead atoms. The molecule has 23 heavy (non-hydrogen) atoms. The Labute approximate surface area is 142 Å². The second kappa shape index (κ2) is 8.59. The zero-order valence-corrected chi connectivity index (χ0v) is 14.3. The smallest absolute Gasteiger partial charge is 0.265 e. The van der Waals surface area contributed by atoms with E-state index >= 15 is 0 Å². The van der Waals surface area contributed by atoms with E-state index in [1.165, 1.54) is 18.4 Å². The van der Waals surface area contributed by atoms with Gasteiger partial charge >= 0.3 is 0 Å². The van der Waals surface area contributed by atoms with Gasteiger partial charge < -0.3 is 10.1 Å². The van der Waals surface area contributed by atoms with Crippen LogP contribution >= 0.6 is 11.6 Å². The molecule has 4 heteroatoms. The number of carbonyl (C=O) groups is 1. The number of halogens is 1. The van der Waals surface area contributed by atoms with Crippen LogP contribution in [-0.4, -0.2) is 12.0 Å². The van der Waals surface area contributed by atoms with Crippen molar-refractivity contribution < 1.29 is 9.53 Å². The molecule has 1 amide bonds. The number of rotatable bonds is 7. The van der Waals surface area contributed by atoms with Crippen molar-refractivity contribution in [2.45, 2.75) is 39.2 Å². The molecular weight excluding hydrogens is 310 g/mol. The first-order valence-electron chi connectivity index (χ1n) is 7.90. The Morgan fingerprint density at radius 2 is 1.96 bits per heavy atom. The monoisotopic (exact) mass is 331 g/mol. The summed E-state index contributed by atoms with van der Waals surface area (Å²) in [7, 11) is 0. The molecule has 0 saturated heterocycles. The van der Waals surface area contributed by atoms with Gasteiger partial charge in [0.1, 0.15) is 5.75 Å². The van der Waals surface area contributed by atoms with Gasteiger partial charge in [-0.2, -0.15) is 0 Å². The van der Waals surface area contributed by atoms with Crippen molar-refractivity contribution in [1.82, 2.24) is 0 Å². The first-order valence-corrected chi connectivity index (χ1v) is 8.28. The molecule has 0 aromatic heterocycles. The van der Waals surface area contributed by atoms with Crippen molar-refractivity contribution in [2.24, 2.45) is 0 Å². The molecule has 0 spiro atoms. The summed E-state index contributed by atoms with van der Waals surface area (Å²) in [5.74, 6) is 0.390. The summed E-state index contributed by atoms with van der Waals surface area (Å²) in [4.78, 5) is 12.2. The number of hydrogen-bond acceptors (Lipinski definition) is 2. The number of carbonyl (C=O) groups excluding carboxylic acids is 1. The topological polar surface area (TPSA) is 38.3 Å². The molecule has 1 N–H and O–H groups in total. The van der Waals surface area contributed by atoms with Crippen LogP contribution in [0, 0.1) is 0 Å². The van der Waals surface area contributed by atoms with Crippen LogP contribution in [-0.2, 0) is 11.2 Å². The fraction of sp³-hybridized carbons (Fsp3) is 0.316. The minimum atomic E-state index is -0.603. The number of aryl methyl sites for hydroxylation is 1. The largest absolute Gasteiger partial charge is 0.481 e. The zero-order valence-electron chi connectivity index (χ0n) is 13.5. The molecule has 3 nitrogen and oxygen atoms in total. The number of anilines is 1. The van der Waals surface area contributed by atoms with Gasteiger partial charge in [-0.15, -0.1) is 0 Å². The van der Waals surface area contributed by atoms with Crippen molar-refractivity contribution in [2.75, 3.05) is 5.32 Å². The lowest BCUT2D eigenvalue weighted by molar-refractivity contribution is -0.122. The molecule has 0 radical (unpaired) electrons. The first kappa shape index (κ1) is 17.4. The maximum Gasteiger partial charge on any atom is 0.265 e. The van der Waals surface area contributed by atoms with Crippen molar-refractivity contribution in [3.05, 3.63) is 59.1 Å². The standard InChI is InChI=1S/C19H22ClNO2/c1-3-4-6-15-9-11-17(12-10-15)21-19(22)14(2)23-18-8-5-7-16(20)13-18/h5,7-14H,3-4,6H2,1-2H3,(H,21,22)/t14-/m0/s1.